The van der Waals surface area contributed by atoms with E-state index in [1.807, 2.05) is 17.0 Å². The van der Waals surface area contributed by atoms with Crippen LogP contribution in [0.15, 0.2) is 18.2 Å². The Hall–Kier alpha value is -1.30. The summed E-state index contributed by atoms with van der Waals surface area (Å²) in [7, 11) is 4.26. The number of hydrogen-bond donors (Lipinski definition) is 1. The molecule has 126 valence electrons. The Morgan fingerprint density at radius 1 is 1.26 bits per heavy atom. The van der Waals surface area contributed by atoms with Crippen LogP contribution in [0.1, 0.15) is 11.1 Å². The number of benzene rings is 1. The maximum Gasteiger partial charge on any atom is 0.317 e. The molecule has 1 atom stereocenters. The molecule has 0 radical (unpaired) electrons. The highest BCUT2D eigenvalue weighted by atomic mass is 35.5. The van der Waals surface area contributed by atoms with Gasteiger partial charge in [-0.1, -0.05) is 17.7 Å². The summed E-state index contributed by atoms with van der Waals surface area (Å²) in [6.45, 7) is 5.23. The van der Waals surface area contributed by atoms with Crippen molar-refractivity contribution in [2.24, 2.45) is 0 Å². The molecule has 2 aliphatic rings. The van der Waals surface area contributed by atoms with E-state index in [1.54, 1.807) is 0 Å². The van der Waals surface area contributed by atoms with Crippen LogP contribution in [-0.4, -0.2) is 73.6 Å². The molecule has 6 heteroatoms. The first-order chi connectivity index (χ1) is 11.0. The first-order valence-electron chi connectivity index (χ1n) is 8.22. The predicted octanol–water partition coefficient (Wildman–Crippen LogP) is 1.65. The van der Waals surface area contributed by atoms with Gasteiger partial charge in [0.2, 0.25) is 0 Å². The third-order valence-electron chi connectivity index (χ3n) is 4.94. The Labute approximate surface area is 143 Å². The number of nitrogens with one attached hydrogen (secondary N) is 1. The van der Waals surface area contributed by atoms with Crippen molar-refractivity contribution in [2.45, 2.75) is 19.0 Å². The van der Waals surface area contributed by atoms with Crippen LogP contribution >= 0.6 is 11.6 Å². The van der Waals surface area contributed by atoms with Gasteiger partial charge in [-0.25, -0.2) is 4.79 Å². The Kier molecular flexibility index (Phi) is 5.09. The lowest BCUT2D eigenvalue weighted by molar-refractivity contribution is 0.112. The standard InChI is InChI=1S/C17H25ClN4O/c1-20-7-8-21(2)16(12-20)10-19-17(23)22-6-5-13-3-4-15(18)9-14(13)11-22/h3-4,9,16H,5-8,10-12H2,1-2H3,(H,19,23)/t16-/m1/s1. The number of hydrogen-bond acceptors (Lipinski definition) is 3. The van der Waals surface area contributed by atoms with Gasteiger partial charge in [-0.3, -0.25) is 4.90 Å². The van der Waals surface area contributed by atoms with E-state index in [2.05, 4.69) is 35.3 Å². The van der Waals surface area contributed by atoms with Crippen molar-refractivity contribution in [3.8, 4) is 0 Å². The number of fused-ring (bicyclic) bond motifs is 1. The van der Waals surface area contributed by atoms with Gasteiger partial charge in [-0.05, 0) is 43.8 Å². The maximum absolute atomic E-state index is 12.5. The first kappa shape index (κ1) is 16.6. The van der Waals surface area contributed by atoms with Crippen LogP contribution in [0.2, 0.25) is 5.02 Å². The summed E-state index contributed by atoms with van der Waals surface area (Å²) >= 11 is 6.07. The molecule has 3 rings (SSSR count). The lowest BCUT2D eigenvalue weighted by Crippen LogP contribution is -2.55. The van der Waals surface area contributed by atoms with Gasteiger partial charge in [0, 0.05) is 50.3 Å². The molecule has 1 aromatic rings. The van der Waals surface area contributed by atoms with Crippen LogP contribution in [0.25, 0.3) is 0 Å². The number of nitrogens with zero attached hydrogens (tertiary/aromatic N) is 3. The van der Waals surface area contributed by atoms with E-state index in [4.69, 9.17) is 11.6 Å². The molecule has 0 bridgehead atoms. The third kappa shape index (κ3) is 3.97. The molecule has 5 nitrogen and oxygen atoms in total. The highest BCUT2D eigenvalue weighted by molar-refractivity contribution is 6.30. The Bertz CT molecular complexity index is 580. The van der Waals surface area contributed by atoms with E-state index in [9.17, 15) is 4.79 Å². The van der Waals surface area contributed by atoms with Crippen LogP contribution in [0.3, 0.4) is 0 Å². The average Bonchev–Trinajstić information content (AvgIpc) is 2.54. The molecule has 1 N–H and O–H groups in total. The van der Waals surface area contributed by atoms with Crippen LogP contribution < -0.4 is 5.32 Å². The van der Waals surface area contributed by atoms with E-state index in [1.165, 1.54) is 5.56 Å². The van der Waals surface area contributed by atoms with Crippen molar-refractivity contribution >= 4 is 17.6 Å². The average molecular weight is 337 g/mol. The molecule has 0 aliphatic carbocycles. The van der Waals surface area contributed by atoms with Gasteiger partial charge in [0.05, 0.1) is 0 Å². The van der Waals surface area contributed by atoms with E-state index >= 15 is 0 Å². The van der Waals surface area contributed by atoms with Gasteiger partial charge < -0.3 is 15.1 Å². The second-order valence-corrected chi connectivity index (χ2v) is 7.10. The number of piperazine rings is 1. The van der Waals surface area contributed by atoms with Crippen LogP contribution in [-0.2, 0) is 13.0 Å². The van der Waals surface area contributed by atoms with Crippen molar-refractivity contribution in [3.63, 3.8) is 0 Å². The first-order valence-corrected chi connectivity index (χ1v) is 8.59. The minimum Gasteiger partial charge on any atom is -0.336 e. The molecule has 0 unspecified atom stereocenters. The van der Waals surface area contributed by atoms with Gasteiger partial charge >= 0.3 is 6.03 Å². The summed E-state index contributed by atoms with van der Waals surface area (Å²) < 4.78 is 0. The van der Waals surface area contributed by atoms with Crippen LogP contribution in [0.4, 0.5) is 4.79 Å². The number of carbonyl (C=O) groups excluding carboxylic acids is 1. The van der Waals surface area contributed by atoms with E-state index in [-0.39, 0.29) is 6.03 Å². The van der Waals surface area contributed by atoms with Gasteiger partial charge in [0.25, 0.3) is 0 Å². The van der Waals surface area contributed by atoms with Gasteiger partial charge in [0.1, 0.15) is 0 Å². The minimum absolute atomic E-state index is 0.0252. The molecule has 1 aromatic carbocycles. The number of carbonyl (C=O) groups is 1. The van der Waals surface area contributed by atoms with Gasteiger partial charge in [-0.15, -0.1) is 0 Å². The molecule has 1 fully saturated rings. The van der Waals surface area contributed by atoms with Crippen molar-refractivity contribution in [1.82, 2.24) is 20.0 Å². The second kappa shape index (κ2) is 7.07. The molecule has 2 aliphatic heterocycles. The molecule has 2 amide bonds. The van der Waals surface area contributed by atoms with Crippen molar-refractivity contribution < 1.29 is 4.79 Å². The van der Waals surface area contributed by atoms with Crippen molar-refractivity contribution in [3.05, 3.63) is 34.3 Å². The Balaban J connectivity index is 1.55. The fourth-order valence-corrected chi connectivity index (χ4v) is 3.53. The molecular weight excluding hydrogens is 312 g/mol. The predicted molar refractivity (Wildman–Crippen MR) is 92.9 cm³/mol. The second-order valence-electron chi connectivity index (χ2n) is 6.67. The fraction of sp³-hybridized carbons (Fsp3) is 0.588. The normalized spacial score (nSPS) is 22.7. The largest absolute Gasteiger partial charge is 0.336 e. The molecule has 0 aromatic heterocycles. The smallest absolute Gasteiger partial charge is 0.317 e. The third-order valence-corrected chi connectivity index (χ3v) is 5.17. The maximum atomic E-state index is 12.5. The molecule has 1 saturated heterocycles. The summed E-state index contributed by atoms with van der Waals surface area (Å²) in [5, 5.41) is 3.84. The van der Waals surface area contributed by atoms with Crippen LogP contribution in [0.5, 0.6) is 0 Å². The van der Waals surface area contributed by atoms with E-state index in [0.717, 1.165) is 43.2 Å². The summed E-state index contributed by atoms with van der Waals surface area (Å²) in [5.41, 5.74) is 2.46. The van der Waals surface area contributed by atoms with Crippen molar-refractivity contribution in [1.29, 1.82) is 0 Å². The number of likely N-dealkylation sites (N-methyl/N-ethyl adjacent to an activating group) is 2. The number of urea groups is 1. The van der Waals surface area contributed by atoms with Crippen molar-refractivity contribution in [2.75, 3.05) is 46.8 Å². The summed E-state index contributed by atoms with van der Waals surface area (Å²) in [4.78, 5) is 19.0. The lowest BCUT2D eigenvalue weighted by atomic mass is 10.0. The molecule has 23 heavy (non-hydrogen) atoms. The SMILES string of the molecule is CN1CCN(C)[C@H](CNC(=O)N2CCc3ccc(Cl)cc3C2)C1. The highest BCUT2D eigenvalue weighted by Gasteiger charge is 2.25. The Morgan fingerprint density at radius 3 is 2.91 bits per heavy atom. The quantitative estimate of drug-likeness (QED) is 0.892. The fourth-order valence-electron chi connectivity index (χ4n) is 3.34. The number of halogens is 1. The Morgan fingerprint density at radius 2 is 2.09 bits per heavy atom. The lowest BCUT2D eigenvalue weighted by Gasteiger charge is -2.38. The summed E-state index contributed by atoms with van der Waals surface area (Å²) in [5.74, 6) is 0. The zero-order valence-corrected chi connectivity index (χ0v) is 14.6. The summed E-state index contributed by atoms with van der Waals surface area (Å²) in [6.07, 6.45) is 0.895. The van der Waals surface area contributed by atoms with Crippen LogP contribution in [0, 0.1) is 0 Å². The molecule has 0 spiro atoms. The van der Waals surface area contributed by atoms with E-state index < -0.39 is 0 Å². The van der Waals surface area contributed by atoms with E-state index in [0.29, 0.717) is 19.1 Å². The summed E-state index contributed by atoms with van der Waals surface area (Å²) in [6, 6.07) is 6.37. The molecule has 2 heterocycles. The number of amides is 2. The van der Waals surface area contributed by atoms with Gasteiger partial charge in [-0.2, -0.15) is 0 Å². The minimum atomic E-state index is 0.0252. The number of rotatable bonds is 2. The molecular formula is C17H25ClN4O. The monoisotopic (exact) mass is 336 g/mol. The zero-order valence-electron chi connectivity index (χ0n) is 13.9. The van der Waals surface area contributed by atoms with Gasteiger partial charge in [0.15, 0.2) is 0 Å². The zero-order chi connectivity index (χ0) is 16.4. The molecule has 0 saturated carbocycles. The topological polar surface area (TPSA) is 38.8 Å². The highest BCUT2D eigenvalue weighted by Crippen LogP contribution is 2.22.